The van der Waals surface area contributed by atoms with Crippen LogP contribution in [-0.2, 0) is 10.0 Å². The minimum atomic E-state index is -3.65. The SMILES string of the molecule is Cc1cc(C#N)ccc1S(=O)(=O)NC(CCO)C(C)C. The van der Waals surface area contributed by atoms with Gasteiger partial charge in [-0.15, -0.1) is 0 Å². The first-order chi connectivity index (χ1) is 9.31. The molecule has 0 aromatic heterocycles. The van der Waals surface area contributed by atoms with E-state index < -0.39 is 10.0 Å². The second kappa shape index (κ2) is 6.84. The molecule has 6 heteroatoms. The van der Waals surface area contributed by atoms with Gasteiger partial charge in [-0.05, 0) is 43.0 Å². The molecule has 5 nitrogen and oxygen atoms in total. The van der Waals surface area contributed by atoms with Crippen molar-refractivity contribution in [3.05, 3.63) is 29.3 Å². The first-order valence-corrected chi connectivity index (χ1v) is 7.94. The van der Waals surface area contributed by atoms with Gasteiger partial charge < -0.3 is 5.11 Å². The molecule has 1 unspecified atom stereocenters. The Bertz CT molecular complexity index is 603. The van der Waals surface area contributed by atoms with Crippen LogP contribution in [0, 0.1) is 24.2 Å². The Labute approximate surface area is 120 Å². The zero-order chi connectivity index (χ0) is 15.3. The highest BCUT2D eigenvalue weighted by Gasteiger charge is 2.23. The summed E-state index contributed by atoms with van der Waals surface area (Å²) < 4.78 is 27.4. The van der Waals surface area contributed by atoms with Crippen molar-refractivity contribution < 1.29 is 13.5 Å². The first-order valence-electron chi connectivity index (χ1n) is 6.45. The number of hydrogen-bond acceptors (Lipinski definition) is 4. The van der Waals surface area contributed by atoms with Gasteiger partial charge in [0.05, 0.1) is 16.5 Å². The molecule has 0 radical (unpaired) electrons. The Morgan fingerprint density at radius 1 is 1.40 bits per heavy atom. The summed E-state index contributed by atoms with van der Waals surface area (Å²) in [7, 11) is -3.65. The summed E-state index contributed by atoms with van der Waals surface area (Å²) in [6.07, 6.45) is 0.367. The number of hydrogen-bond donors (Lipinski definition) is 2. The van der Waals surface area contributed by atoms with Gasteiger partial charge in [-0.25, -0.2) is 13.1 Å². The molecule has 0 aliphatic carbocycles. The van der Waals surface area contributed by atoms with Crippen molar-refractivity contribution in [2.45, 2.75) is 38.1 Å². The summed E-state index contributed by atoms with van der Waals surface area (Å²) in [4.78, 5) is 0.167. The standard InChI is InChI=1S/C14H20N2O3S/c1-10(2)13(6-7-17)16-20(18,19)14-5-4-12(9-15)8-11(14)3/h4-5,8,10,13,16-17H,6-7H2,1-3H3. The van der Waals surface area contributed by atoms with Crippen molar-refractivity contribution in [2.24, 2.45) is 5.92 Å². The smallest absolute Gasteiger partial charge is 0.241 e. The van der Waals surface area contributed by atoms with Gasteiger partial charge in [0.25, 0.3) is 0 Å². The maximum absolute atomic E-state index is 12.4. The van der Waals surface area contributed by atoms with Crippen LogP contribution in [0.4, 0.5) is 0 Å². The van der Waals surface area contributed by atoms with E-state index in [1.165, 1.54) is 12.1 Å². The zero-order valence-corrected chi connectivity index (χ0v) is 12.7. The van der Waals surface area contributed by atoms with E-state index in [1.807, 2.05) is 19.9 Å². The van der Waals surface area contributed by atoms with Crippen molar-refractivity contribution >= 4 is 10.0 Å². The number of rotatable bonds is 6. The largest absolute Gasteiger partial charge is 0.396 e. The number of nitrogens with zero attached hydrogens (tertiary/aromatic N) is 1. The van der Waals surface area contributed by atoms with Crippen LogP contribution in [0.2, 0.25) is 0 Å². The first kappa shape index (κ1) is 16.6. The lowest BCUT2D eigenvalue weighted by molar-refractivity contribution is 0.256. The summed E-state index contributed by atoms with van der Waals surface area (Å²) in [6, 6.07) is 6.13. The van der Waals surface area contributed by atoms with E-state index in [0.29, 0.717) is 17.5 Å². The van der Waals surface area contributed by atoms with E-state index >= 15 is 0 Å². The van der Waals surface area contributed by atoms with Gasteiger partial charge >= 0.3 is 0 Å². The van der Waals surface area contributed by atoms with Gasteiger partial charge in [0.15, 0.2) is 0 Å². The van der Waals surface area contributed by atoms with E-state index in [0.717, 1.165) is 0 Å². The van der Waals surface area contributed by atoms with Crippen LogP contribution < -0.4 is 4.72 Å². The van der Waals surface area contributed by atoms with Crippen molar-refractivity contribution in [3.8, 4) is 6.07 Å². The summed E-state index contributed by atoms with van der Waals surface area (Å²) >= 11 is 0. The monoisotopic (exact) mass is 296 g/mol. The predicted molar refractivity (Wildman–Crippen MR) is 76.5 cm³/mol. The highest BCUT2D eigenvalue weighted by Crippen LogP contribution is 2.18. The fraction of sp³-hybridized carbons (Fsp3) is 0.500. The fourth-order valence-corrected chi connectivity index (χ4v) is 3.60. The van der Waals surface area contributed by atoms with Crippen molar-refractivity contribution in [3.63, 3.8) is 0 Å². The van der Waals surface area contributed by atoms with Gasteiger partial charge in [0.1, 0.15) is 0 Å². The Kier molecular flexibility index (Phi) is 5.69. The molecule has 1 aromatic rings. The normalized spacial score (nSPS) is 13.2. The van der Waals surface area contributed by atoms with Crippen molar-refractivity contribution in [2.75, 3.05) is 6.61 Å². The molecule has 0 fully saturated rings. The third-order valence-electron chi connectivity index (χ3n) is 3.14. The Hall–Kier alpha value is -1.42. The number of aliphatic hydroxyl groups excluding tert-OH is 1. The van der Waals surface area contributed by atoms with Crippen molar-refractivity contribution in [1.82, 2.24) is 4.72 Å². The second-order valence-corrected chi connectivity index (χ2v) is 6.76. The van der Waals surface area contributed by atoms with Gasteiger partial charge in [-0.2, -0.15) is 5.26 Å². The van der Waals surface area contributed by atoms with Gasteiger partial charge in [0, 0.05) is 12.6 Å². The molecule has 20 heavy (non-hydrogen) atoms. The fourth-order valence-electron chi connectivity index (χ4n) is 1.95. The van der Waals surface area contributed by atoms with Crippen LogP contribution in [0.3, 0.4) is 0 Å². The molecule has 1 rings (SSSR count). The molecule has 0 saturated heterocycles. The molecule has 0 aliphatic rings. The number of aliphatic hydroxyl groups is 1. The van der Waals surface area contributed by atoms with E-state index in [4.69, 9.17) is 10.4 Å². The molecule has 0 amide bonds. The maximum atomic E-state index is 12.4. The molecule has 1 aromatic carbocycles. The van der Waals surface area contributed by atoms with Crippen LogP contribution in [0.25, 0.3) is 0 Å². The van der Waals surface area contributed by atoms with Crippen LogP contribution in [0.1, 0.15) is 31.4 Å². The second-order valence-electron chi connectivity index (χ2n) is 5.08. The molecule has 0 heterocycles. The maximum Gasteiger partial charge on any atom is 0.241 e. The van der Waals surface area contributed by atoms with E-state index in [-0.39, 0.29) is 23.5 Å². The van der Waals surface area contributed by atoms with Crippen LogP contribution in [0.15, 0.2) is 23.1 Å². The Morgan fingerprint density at radius 3 is 2.50 bits per heavy atom. The number of aryl methyl sites for hydroxylation is 1. The van der Waals surface area contributed by atoms with E-state index in [2.05, 4.69) is 4.72 Å². The third-order valence-corrected chi connectivity index (χ3v) is 4.80. The molecule has 110 valence electrons. The number of nitriles is 1. The summed E-state index contributed by atoms with van der Waals surface area (Å²) in [5.41, 5.74) is 0.959. The lowest BCUT2D eigenvalue weighted by Crippen LogP contribution is -2.39. The van der Waals surface area contributed by atoms with Gasteiger partial charge in [-0.1, -0.05) is 13.8 Å². The molecule has 2 N–H and O–H groups in total. The average molecular weight is 296 g/mol. The molecule has 1 atom stereocenters. The number of benzene rings is 1. The molecule has 0 aliphatic heterocycles. The lowest BCUT2D eigenvalue weighted by Gasteiger charge is -2.22. The lowest BCUT2D eigenvalue weighted by atomic mass is 10.0. The quantitative estimate of drug-likeness (QED) is 0.833. The van der Waals surface area contributed by atoms with Gasteiger partial charge in [0.2, 0.25) is 10.0 Å². The molecular formula is C14H20N2O3S. The highest BCUT2D eigenvalue weighted by molar-refractivity contribution is 7.89. The predicted octanol–water partition coefficient (Wildman–Crippen LogP) is 1.55. The van der Waals surface area contributed by atoms with Gasteiger partial charge in [-0.3, -0.25) is 0 Å². The van der Waals surface area contributed by atoms with Crippen LogP contribution >= 0.6 is 0 Å². The topological polar surface area (TPSA) is 90.2 Å². The van der Waals surface area contributed by atoms with Crippen LogP contribution in [-0.4, -0.2) is 26.2 Å². The van der Waals surface area contributed by atoms with E-state index in [1.54, 1.807) is 13.0 Å². The summed E-state index contributed by atoms with van der Waals surface area (Å²) in [6.45, 7) is 5.38. The molecule has 0 bridgehead atoms. The van der Waals surface area contributed by atoms with Crippen molar-refractivity contribution in [1.29, 1.82) is 5.26 Å². The minimum Gasteiger partial charge on any atom is -0.396 e. The summed E-state index contributed by atoms with van der Waals surface area (Å²) in [5.74, 6) is 0.0793. The number of nitrogens with one attached hydrogen (secondary N) is 1. The molecule has 0 saturated carbocycles. The highest BCUT2D eigenvalue weighted by atomic mass is 32.2. The Morgan fingerprint density at radius 2 is 2.05 bits per heavy atom. The molecular weight excluding hydrogens is 276 g/mol. The Balaban J connectivity index is 3.08. The zero-order valence-electron chi connectivity index (χ0n) is 11.9. The third kappa shape index (κ3) is 4.04. The molecule has 0 spiro atoms. The number of sulfonamides is 1. The van der Waals surface area contributed by atoms with E-state index in [9.17, 15) is 8.42 Å². The minimum absolute atomic E-state index is 0.0717. The average Bonchev–Trinajstić information content (AvgIpc) is 2.37. The van der Waals surface area contributed by atoms with Crippen LogP contribution in [0.5, 0.6) is 0 Å². The summed E-state index contributed by atoms with van der Waals surface area (Å²) in [5, 5.41) is 17.8.